The molecule has 5 nitrogen and oxygen atoms in total. The molecule has 0 aliphatic rings. The largest absolute Gasteiger partial charge is 0.422 e. The van der Waals surface area contributed by atoms with E-state index in [1.54, 1.807) is 43.6 Å². The first-order valence-corrected chi connectivity index (χ1v) is 7.34. The smallest absolute Gasteiger partial charge is 0.353 e. The molecule has 0 aliphatic heterocycles. The quantitative estimate of drug-likeness (QED) is 0.298. The Morgan fingerprint density at radius 3 is 2.71 bits per heavy atom. The van der Waals surface area contributed by atoms with E-state index in [1.165, 1.54) is 11.3 Å². The van der Waals surface area contributed by atoms with Crippen LogP contribution >= 0.6 is 23.6 Å². The van der Waals surface area contributed by atoms with Gasteiger partial charge in [0, 0.05) is 7.05 Å². The summed E-state index contributed by atoms with van der Waals surface area (Å²) in [6.45, 7) is 0. The summed E-state index contributed by atoms with van der Waals surface area (Å²) in [6.07, 6.45) is 1.62. The van der Waals surface area contributed by atoms with Crippen molar-refractivity contribution >= 4 is 40.9 Å². The van der Waals surface area contributed by atoms with E-state index in [2.05, 4.69) is 15.8 Å². The molecule has 0 atom stereocenters. The van der Waals surface area contributed by atoms with Gasteiger partial charge in [-0.15, -0.1) is 11.3 Å². The van der Waals surface area contributed by atoms with Crippen LogP contribution in [0.25, 0.3) is 0 Å². The SMILES string of the molecule is CNC(=S)N/N=C/c1ccc(OC(=O)c2cccs2)cc1. The Kier molecular flexibility index (Phi) is 5.42. The van der Waals surface area contributed by atoms with Crippen molar-refractivity contribution in [2.75, 3.05) is 7.05 Å². The molecule has 2 aromatic rings. The highest BCUT2D eigenvalue weighted by atomic mass is 32.1. The van der Waals surface area contributed by atoms with Gasteiger partial charge in [0.05, 0.1) is 6.21 Å². The maximum Gasteiger partial charge on any atom is 0.353 e. The average Bonchev–Trinajstić information content (AvgIpc) is 3.03. The monoisotopic (exact) mass is 319 g/mol. The lowest BCUT2D eigenvalue weighted by Crippen LogP contribution is -2.28. The van der Waals surface area contributed by atoms with Crippen LogP contribution in [0.15, 0.2) is 46.9 Å². The van der Waals surface area contributed by atoms with E-state index in [9.17, 15) is 4.79 Å². The molecule has 2 rings (SSSR count). The predicted molar refractivity (Wildman–Crippen MR) is 88.1 cm³/mol. The Morgan fingerprint density at radius 2 is 2.10 bits per heavy atom. The second kappa shape index (κ2) is 7.51. The van der Waals surface area contributed by atoms with E-state index in [4.69, 9.17) is 17.0 Å². The zero-order valence-electron chi connectivity index (χ0n) is 11.2. The van der Waals surface area contributed by atoms with Crippen molar-refractivity contribution in [2.45, 2.75) is 0 Å². The Hall–Kier alpha value is -2.25. The summed E-state index contributed by atoms with van der Waals surface area (Å²) in [4.78, 5) is 12.3. The second-order valence-corrected chi connectivity index (χ2v) is 5.24. The number of carbonyl (C=O) groups excluding carboxylic acids is 1. The molecule has 0 fully saturated rings. The molecular weight excluding hydrogens is 306 g/mol. The van der Waals surface area contributed by atoms with Gasteiger partial charge < -0.3 is 10.1 Å². The fraction of sp³-hybridized carbons (Fsp3) is 0.0714. The fourth-order valence-electron chi connectivity index (χ4n) is 1.40. The topological polar surface area (TPSA) is 62.7 Å². The predicted octanol–water partition coefficient (Wildman–Crippen LogP) is 2.40. The minimum atomic E-state index is -0.354. The van der Waals surface area contributed by atoms with Crippen molar-refractivity contribution in [3.8, 4) is 5.75 Å². The Bertz CT molecular complexity index is 637. The molecule has 0 saturated heterocycles. The van der Waals surface area contributed by atoms with Crippen molar-refractivity contribution in [1.82, 2.24) is 10.7 Å². The van der Waals surface area contributed by atoms with Gasteiger partial charge in [0.2, 0.25) is 0 Å². The minimum absolute atomic E-state index is 0.354. The molecule has 108 valence electrons. The number of carbonyl (C=O) groups is 1. The van der Waals surface area contributed by atoms with Crippen molar-refractivity contribution < 1.29 is 9.53 Å². The number of hydrogen-bond donors (Lipinski definition) is 2. The summed E-state index contributed by atoms with van der Waals surface area (Å²) in [5, 5.41) is 8.97. The van der Waals surface area contributed by atoms with Crippen LogP contribution in [0, 0.1) is 0 Å². The van der Waals surface area contributed by atoms with Crippen LogP contribution in [-0.2, 0) is 0 Å². The van der Waals surface area contributed by atoms with E-state index in [-0.39, 0.29) is 5.97 Å². The summed E-state index contributed by atoms with van der Waals surface area (Å²) in [5.41, 5.74) is 3.51. The van der Waals surface area contributed by atoms with Gasteiger partial charge >= 0.3 is 5.97 Å². The number of esters is 1. The van der Waals surface area contributed by atoms with Crippen LogP contribution in [0.5, 0.6) is 5.75 Å². The van der Waals surface area contributed by atoms with Gasteiger partial charge in [0.1, 0.15) is 10.6 Å². The van der Waals surface area contributed by atoms with E-state index in [0.29, 0.717) is 15.7 Å². The molecule has 0 saturated carbocycles. The highest BCUT2D eigenvalue weighted by Gasteiger charge is 2.08. The number of thiophene rings is 1. The van der Waals surface area contributed by atoms with E-state index in [1.807, 2.05) is 11.4 Å². The highest BCUT2D eigenvalue weighted by molar-refractivity contribution is 7.80. The number of thiocarbonyl (C=S) groups is 1. The molecule has 0 spiro atoms. The van der Waals surface area contributed by atoms with E-state index >= 15 is 0 Å². The minimum Gasteiger partial charge on any atom is -0.422 e. The summed E-state index contributed by atoms with van der Waals surface area (Å²) in [7, 11) is 1.71. The first-order chi connectivity index (χ1) is 10.2. The zero-order chi connectivity index (χ0) is 15.1. The lowest BCUT2D eigenvalue weighted by Gasteiger charge is -2.03. The van der Waals surface area contributed by atoms with Gasteiger partial charge in [-0.05, 0) is 53.5 Å². The summed E-state index contributed by atoms with van der Waals surface area (Å²) in [5.74, 6) is 0.136. The lowest BCUT2D eigenvalue weighted by molar-refractivity contribution is 0.0740. The molecule has 21 heavy (non-hydrogen) atoms. The number of hydrazone groups is 1. The summed E-state index contributed by atoms with van der Waals surface area (Å²) < 4.78 is 5.25. The molecule has 2 N–H and O–H groups in total. The van der Waals surface area contributed by atoms with Gasteiger partial charge in [0.25, 0.3) is 0 Å². The molecule has 1 aromatic carbocycles. The number of nitrogens with zero attached hydrogens (tertiary/aromatic N) is 1. The third-order valence-electron chi connectivity index (χ3n) is 2.42. The Morgan fingerprint density at radius 1 is 1.33 bits per heavy atom. The first kappa shape index (κ1) is 15.1. The van der Waals surface area contributed by atoms with Crippen LogP contribution in [-0.4, -0.2) is 24.3 Å². The molecule has 1 aromatic heterocycles. The third-order valence-corrected chi connectivity index (χ3v) is 3.57. The first-order valence-electron chi connectivity index (χ1n) is 6.05. The van der Waals surface area contributed by atoms with E-state index < -0.39 is 0 Å². The molecule has 0 bridgehead atoms. The third kappa shape index (κ3) is 4.66. The second-order valence-electron chi connectivity index (χ2n) is 3.88. The fourth-order valence-corrected chi connectivity index (χ4v) is 2.05. The summed E-state index contributed by atoms with van der Waals surface area (Å²) >= 11 is 6.23. The highest BCUT2D eigenvalue weighted by Crippen LogP contribution is 2.16. The molecule has 7 heteroatoms. The lowest BCUT2D eigenvalue weighted by atomic mass is 10.2. The molecule has 1 heterocycles. The van der Waals surface area contributed by atoms with Crippen LogP contribution in [0.4, 0.5) is 0 Å². The maximum absolute atomic E-state index is 11.8. The molecule has 0 aliphatic carbocycles. The van der Waals surface area contributed by atoms with Gasteiger partial charge in [-0.2, -0.15) is 5.10 Å². The number of nitrogens with one attached hydrogen (secondary N) is 2. The number of rotatable bonds is 4. The summed E-state index contributed by atoms with van der Waals surface area (Å²) in [6, 6.07) is 10.6. The van der Waals surface area contributed by atoms with Crippen LogP contribution in [0.1, 0.15) is 15.2 Å². The number of ether oxygens (including phenoxy) is 1. The van der Waals surface area contributed by atoms with Crippen LogP contribution in [0.2, 0.25) is 0 Å². The van der Waals surface area contributed by atoms with Crippen molar-refractivity contribution in [3.63, 3.8) is 0 Å². The van der Waals surface area contributed by atoms with Crippen LogP contribution in [0.3, 0.4) is 0 Å². The van der Waals surface area contributed by atoms with Crippen LogP contribution < -0.4 is 15.5 Å². The zero-order valence-corrected chi connectivity index (χ0v) is 12.8. The maximum atomic E-state index is 11.8. The molecule has 0 amide bonds. The Labute approximate surface area is 131 Å². The molecule has 0 unspecified atom stereocenters. The molecular formula is C14H13N3O2S2. The van der Waals surface area contributed by atoms with Gasteiger partial charge in [-0.3, -0.25) is 5.43 Å². The number of hydrogen-bond acceptors (Lipinski definition) is 5. The van der Waals surface area contributed by atoms with Gasteiger partial charge in [-0.1, -0.05) is 6.07 Å². The van der Waals surface area contributed by atoms with Crippen molar-refractivity contribution in [1.29, 1.82) is 0 Å². The molecule has 0 radical (unpaired) electrons. The van der Waals surface area contributed by atoms with E-state index in [0.717, 1.165) is 5.56 Å². The number of benzene rings is 1. The van der Waals surface area contributed by atoms with Crippen molar-refractivity contribution in [2.24, 2.45) is 5.10 Å². The standard InChI is InChI=1S/C14H13N3O2S2/c1-15-14(20)17-16-9-10-4-6-11(7-5-10)19-13(18)12-3-2-8-21-12/h2-9H,1H3,(H2,15,17,20)/b16-9+. The Balaban J connectivity index is 1.93. The average molecular weight is 319 g/mol. The van der Waals surface area contributed by atoms with Gasteiger partial charge in [0.15, 0.2) is 5.11 Å². The van der Waals surface area contributed by atoms with Crippen molar-refractivity contribution in [3.05, 3.63) is 52.2 Å². The van der Waals surface area contributed by atoms with Gasteiger partial charge in [-0.25, -0.2) is 4.79 Å². The normalized spacial score (nSPS) is 10.3.